The molecule has 6 rings (SSSR count). The summed E-state index contributed by atoms with van der Waals surface area (Å²) < 4.78 is 6.28. The van der Waals surface area contributed by atoms with Crippen molar-refractivity contribution in [3.63, 3.8) is 0 Å². The largest absolute Gasteiger partial charge is 0.381 e. The standard InChI is InChI=1S/C28H40N2O/c1-18(7-8-20-6-5-15-29-30-20)22-9-10-23-21-16-25(31-4)28-17-19(28)11-14-27(28,3)24(21)12-13-26(22,23)2/h5-8,15,18-19,21-25H,9-14,16-17H2,1-4H3/b8-7+/t18-,19-,21+,22-,23+,24+,25?,26-,27-,28?/m1/s1. The molecule has 0 aliphatic heterocycles. The lowest BCUT2D eigenvalue weighted by Crippen LogP contribution is -2.57. The predicted molar refractivity (Wildman–Crippen MR) is 124 cm³/mol. The van der Waals surface area contributed by atoms with Crippen LogP contribution in [0.1, 0.15) is 77.8 Å². The number of allylic oxidation sites excluding steroid dienone is 1. The van der Waals surface area contributed by atoms with E-state index in [1.54, 1.807) is 6.20 Å². The minimum absolute atomic E-state index is 0.480. The molecule has 31 heavy (non-hydrogen) atoms. The smallest absolute Gasteiger partial charge is 0.0854 e. The summed E-state index contributed by atoms with van der Waals surface area (Å²) in [6, 6.07) is 4.03. The molecule has 2 unspecified atom stereocenters. The summed E-state index contributed by atoms with van der Waals surface area (Å²) >= 11 is 0. The number of aromatic nitrogens is 2. The van der Waals surface area contributed by atoms with E-state index < -0.39 is 0 Å². The Kier molecular flexibility index (Phi) is 4.53. The second kappa shape index (κ2) is 6.89. The zero-order chi connectivity index (χ0) is 21.4. The van der Waals surface area contributed by atoms with Crippen LogP contribution in [0.15, 0.2) is 24.4 Å². The van der Waals surface area contributed by atoms with Crippen molar-refractivity contribution >= 4 is 6.08 Å². The first-order valence-corrected chi connectivity index (χ1v) is 12.9. The summed E-state index contributed by atoms with van der Waals surface area (Å²) in [6.07, 6.45) is 18.3. The van der Waals surface area contributed by atoms with E-state index in [2.05, 4.69) is 49.2 Å². The number of hydrogen-bond acceptors (Lipinski definition) is 3. The van der Waals surface area contributed by atoms with E-state index in [0.29, 0.717) is 28.3 Å². The summed E-state index contributed by atoms with van der Waals surface area (Å²) in [7, 11) is 2.01. The Morgan fingerprint density at radius 2 is 2.00 bits per heavy atom. The van der Waals surface area contributed by atoms with Gasteiger partial charge in [-0.1, -0.05) is 26.8 Å². The molecule has 5 fully saturated rings. The van der Waals surface area contributed by atoms with Crippen LogP contribution in [0.5, 0.6) is 0 Å². The SMILES string of the molecule is COC1C[C@H]2[C@@H]3CC[C@H]([C@H](C)/C=C/c4cccnn4)[C@@]3(C)CC[C@@H]2[C@@]2(C)CC[C@@H]3CC132. The van der Waals surface area contributed by atoms with Gasteiger partial charge in [0.15, 0.2) is 0 Å². The van der Waals surface area contributed by atoms with Gasteiger partial charge in [-0.25, -0.2) is 0 Å². The first-order chi connectivity index (χ1) is 14.9. The highest BCUT2D eigenvalue weighted by Crippen LogP contribution is 2.82. The lowest BCUT2D eigenvalue weighted by molar-refractivity contribution is -0.160. The molecule has 10 atom stereocenters. The Bertz CT molecular complexity index is 869. The summed E-state index contributed by atoms with van der Waals surface area (Å²) in [5.41, 5.74) is 2.54. The molecule has 0 amide bonds. The summed E-state index contributed by atoms with van der Waals surface area (Å²) in [4.78, 5) is 0. The van der Waals surface area contributed by atoms with Gasteiger partial charge in [-0.3, -0.25) is 0 Å². The molecule has 0 aromatic carbocycles. The number of nitrogens with zero attached hydrogens (tertiary/aromatic N) is 2. The van der Waals surface area contributed by atoms with Crippen LogP contribution in [0.4, 0.5) is 0 Å². The highest BCUT2D eigenvalue weighted by molar-refractivity contribution is 5.43. The van der Waals surface area contributed by atoms with Gasteiger partial charge in [0.2, 0.25) is 0 Å². The Balaban J connectivity index is 1.26. The summed E-state index contributed by atoms with van der Waals surface area (Å²) in [6.45, 7) is 7.78. The van der Waals surface area contributed by atoms with Gasteiger partial charge in [0, 0.05) is 18.7 Å². The van der Waals surface area contributed by atoms with E-state index in [0.717, 1.165) is 35.3 Å². The first kappa shape index (κ1) is 20.4. The Morgan fingerprint density at radius 3 is 2.74 bits per heavy atom. The van der Waals surface area contributed by atoms with Gasteiger partial charge in [-0.15, -0.1) is 0 Å². The van der Waals surface area contributed by atoms with E-state index in [-0.39, 0.29) is 0 Å². The van der Waals surface area contributed by atoms with Crippen LogP contribution in [-0.2, 0) is 4.74 Å². The van der Waals surface area contributed by atoms with Crippen molar-refractivity contribution in [2.24, 2.45) is 51.8 Å². The topological polar surface area (TPSA) is 35.0 Å². The van der Waals surface area contributed by atoms with Gasteiger partial charge < -0.3 is 4.74 Å². The molecule has 1 heterocycles. The quantitative estimate of drug-likeness (QED) is 0.564. The van der Waals surface area contributed by atoms with Crippen LogP contribution in [0, 0.1) is 51.8 Å². The van der Waals surface area contributed by atoms with Crippen LogP contribution in [0.25, 0.3) is 6.08 Å². The van der Waals surface area contributed by atoms with E-state index in [1.165, 1.54) is 51.4 Å². The van der Waals surface area contributed by atoms with Gasteiger partial charge in [0.25, 0.3) is 0 Å². The van der Waals surface area contributed by atoms with Gasteiger partial charge in [-0.05, 0) is 116 Å². The molecule has 0 saturated heterocycles. The van der Waals surface area contributed by atoms with Crippen LogP contribution >= 0.6 is 0 Å². The van der Waals surface area contributed by atoms with E-state index in [4.69, 9.17) is 4.74 Å². The predicted octanol–water partition coefficient (Wildman–Crippen LogP) is 6.41. The van der Waals surface area contributed by atoms with Crippen LogP contribution in [-0.4, -0.2) is 23.4 Å². The number of rotatable bonds is 4. The Labute approximate surface area is 188 Å². The summed E-state index contributed by atoms with van der Waals surface area (Å²) in [5, 5.41) is 8.27. The van der Waals surface area contributed by atoms with E-state index in [9.17, 15) is 0 Å². The first-order valence-electron chi connectivity index (χ1n) is 12.9. The Morgan fingerprint density at radius 1 is 1.13 bits per heavy atom. The van der Waals surface area contributed by atoms with Gasteiger partial charge in [0.1, 0.15) is 0 Å². The maximum atomic E-state index is 6.28. The van der Waals surface area contributed by atoms with Crippen molar-refractivity contribution in [1.29, 1.82) is 0 Å². The molecular formula is C28H40N2O. The second-order valence-electron chi connectivity index (χ2n) is 12.3. The molecule has 1 spiro atoms. The molecule has 0 radical (unpaired) electrons. The molecule has 1 aromatic heterocycles. The fourth-order valence-corrected chi connectivity index (χ4v) is 10.3. The monoisotopic (exact) mass is 420 g/mol. The zero-order valence-corrected chi connectivity index (χ0v) is 19.9. The summed E-state index contributed by atoms with van der Waals surface area (Å²) in [5.74, 6) is 5.05. The van der Waals surface area contributed by atoms with Gasteiger partial charge in [0.05, 0.1) is 11.8 Å². The maximum absolute atomic E-state index is 6.28. The number of hydrogen-bond donors (Lipinski definition) is 0. The number of methoxy groups -OCH3 is 1. The number of fused-ring (bicyclic) bond motifs is 4. The van der Waals surface area contributed by atoms with E-state index >= 15 is 0 Å². The van der Waals surface area contributed by atoms with Crippen molar-refractivity contribution in [2.75, 3.05) is 7.11 Å². The maximum Gasteiger partial charge on any atom is 0.0854 e. The lowest BCUT2D eigenvalue weighted by atomic mass is 9.45. The molecule has 168 valence electrons. The van der Waals surface area contributed by atoms with Crippen LogP contribution in [0.2, 0.25) is 0 Å². The molecule has 3 nitrogen and oxygen atoms in total. The van der Waals surface area contributed by atoms with Gasteiger partial charge in [-0.2, -0.15) is 10.2 Å². The molecule has 0 N–H and O–H groups in total. The molecule has 5 aliphatic rings. The van der Waals surface area contributed by atoms with Crippen molar-refractivity contribution in [1.82, 2.24) is 10.2 Å². The van der Waals surface area contributed by atoms with Crippen LogP contribution in [0.3, 0.4) is 0 Å². The van der Waals surface area contributed by atoms with Gasteiger partial charge >= 0.3 is 0 Å². The molecule has 3 heteroatoms. The fraction of sp³-hybridized carbons (Fsp3) is 0.786. The Hall–Kier alpha value is -1.22. The third kappa shape index (κ3) is 2.62. The van der Waals surface area contributed by atoms with Crippen molar-refractivity contribution in [2.45, 2.75) is 78.2 Å². The minimum atomic E-state index is 0.480. The molecule has 5 aliphatic carbocycles. The zero-order valence-electron chi connectivity index (χ0n) is 19.9. The third-order valence-corrected chi connectivity index (χ3v) is 11.7. The third-order valence-electron chi connectivity index (χ3n) is 11.7. The van der Waals surface area contributed by atoms with E-state index in [1.807, 2.05) is 13.2 Å². The molecule has 5 saturated carbocycles. The normalized spacial score (nSPS) is 51.1. The molecule has 0 bridgehead atoms. The van der Waals surface area contributed by atoms with Crippen molar-refractivity contribution in [3.8, 4) is 0 Å². The highest BCUT2D eigenvalue weighted by atomic mass is 16.5. The number of ether oxygens (including phenoxy) is 1. The average molecular weight is 421 g/mol. The van der Waals surface area contributed by atoms with Crippen molar-refractivity contribution < 1.29 is 4.74 Å². The minimum Gasteiger partial charge on any atom is -0.381 e. The molecular weight excluding hydrogens is 380 g/mol. The average Bonchev–Trinajstić information content (AvgIpc) is 3.29. The van der Waals surface area contributed by atoms with Crippen LogP contribution < -0.4 is 0 Å². The van der Waals surface area contributed by atoms with Crippen molar-refractivity contribution in [3.05, 3.63) is 30.1 Å². The highest BCUT2D eigenvalue weighted by Gasteiger charge is 2.77. The lowest BCUT2D eigenvalue weighted by Gasteiger charge is -2.61. The second-order valence-corrected chi connectivity index (χ2v) is 12.3. The molecule has 1 aromatic rings. The fourth-order valence-electron chi connectivity index (χ4n) is 10.3.